The highest BCUT2D eigenvalue weighted by molar-refractivity contribution is 6.32. The van der Waals surface area contributed by atoms with E-state index in [0.29, 0.717) is 22.3 Å². The van der Waals surface area contributed by atoms with Gasteiger partial charge in [-0.3, -0.25) is 0 Å². The molecule has 5 heteroatoms. The fraction of sp³-hybridized carbons (Fsp3) is 0.108. The van der Waals surface area contributed by atoms with Crippen molar-refractivity contribution in [1.82, 2.24) is 15.0 Å². The minimum atomic E-state index is 0.0640. The topological polar surface area (TPSA) is 51.8 Å². The number of rotatable bonds is 4. The minimum absolute atomic E-state index is 0.0640. The van der Waals surface area contributed by atoms with Gasteiger partial charge in [0.1, 0.15) is 17.0 Å². The van der Waals surface area contributed by atoms with Crippen LogP contribution >= 0.6 is 11.6 Å². The van der Waals surface area contributed by atoms with Gasteiger partial charge in [-0.05, 0) is 59.7 Å². The van der Waals surface area contributed by atoms with Crippen LogP contribution in [-0.2, 0) is 6.42 Å². The van der Waals surface area contributed by atoms with Crippen molar-refractivity contribution in [2.24, 2.45) is 0 Å². The first-order chi connectivity index (χ1) is 20.7. The first-order valence-corrected chi connectivity index (χ1v) is 14.7. The highest BCUT2D eigenvalue weighted by Gasteiger charge is 2.21. The van der Waals surface area contributed by atoms with Crippen molar-refractivity contribution in [3.05, 3.63) is 131 Å². The van der Waals surface area contributed by atoms with E-state index < -0.39 is 0 Å². The first-order valence-electron chi connectivity index (χ1n) is 14.3. The molecule has 42 heavy (non-hydrogen) atoms. The van der Waals surface area contributed by atoms with Crippen LogP contribution in [0.1, 0.15) is 35.7 Å². The third-order valence-electron chi connectivity index (χ3n) is 8.15. The summed E-state index contributed by atoms with van der Waals surface area (Å²) in [6, 6.07) is 27.1. The van der Waals surface area contributed by atoms with E-state index in [1.54, 1.807) is 0 Å². The van der Waals surface area contributed by atoms with E-state index in [1.807, 2.05) is 30.3 Å². The van der Waals surface area contributed by atoms with Crippen LogP contribution in [0, 0.1) is 0 Å². The Labute approximate surface area is 248 Å². The fourth-order valence-electron chi connectivity index (χ4n) is 6.00. The lowest BCUT2D eigenvalue weighted by Crippen LogP contribution is -2.08. The zero-order valence-corrected chi connectivity index (χ0v) is 23.6. The number of halogens is 1. The zero-order chi connectivity index (χ0) is 28.0. The van der Waals surface area contributed by atoms with Crippen LogP contribution in [0.4, 0.5) is 0 Å². The van der Waals surface area contributed by atoms with Crippen molar-refractivity contribution < 1.29 is 4.42 Å². The molecule has 0 fully saturated rings. The fourth-order valence-corrected chi connectivity index (χ4v) is 6.20. The summed E-state index contributed by atoms with van der Waals surface area (Å²) in [6.07, 6.45) is 16.0. The molecule has 0 bridgehead atoms. The van der Waals surface area contributed by atoms with Gasteiger partial charge in [-0.2, -0.15) is 0 Å². The second-order valence-corrected chi connectivity index (χ2v) is 11.3. The zero-order valence-electron chi connectivity index (χ0n) is 22.8. The highest BCUT2D eigenvalue weighted by Crippen LogP contribution is 2.39. The van der Waals surface area contributed by atoms with Crippen LogP contribution < -0.4 is 0 Å². The number of aryl methyl sites for hydroxylation is 1. The molecule has 0 radical (unpaired) electrons. The van der Waals surface area contributed by atoms with Crippen LogP contribution in [-0.4, -0.2) is 15.0 Å². The number of para-hydroxylation sites is 1. The smallest absolute Gasteiger partial charge is 0.164 e. The molecule has 6 aromatic rings. The molecule has 4 aromatic carbocycles. The van der Waals surface area contributed by atoms with Gasteiger partial charge < -0.3 is 4.42 Å². The average molecular weight is 564 g/mol. The summed E-state index contributed by atoms with van der Waals surface area (Å²) in [5, 5.41) is 2.53. The van der Waals surface area contributed by atoms with Gasteiger partial charge in [0.25, 0.3) is 0 Å². The van der Waals surface area contributed by atoms with E-state index in [2.05, 4.69) is 85.0 Å². The van der Waals surface area contributed by atoms with Crippen molar-refractivity contribution in [2.45, 2.75) is 25.2 Å². The summed E-state index contributed by atoms with van der Waals surface area (Å²) in [5.41, 5.74) is 8.38. The largest absolute Gasteiger partial charge is 0.456 e. The van der Waals surface area contributed by atoms with Crippen molar-refractivity contribution in [3.63, 3.8) is 0 Å². The molecule has 0 saturated heterocycles. The number of allylic oxidation sites excluding steroid dienone is 5. The molecule has 2 heterocycles. The Balaban J connectivity index is 1.26. The Bertz CT molecular complexity index is 2090. The minimum Gasteiger partial charge on any atom is -0.456 e. The van der Waals surface area contributed by atoms with Crippen LogP contribution in [0.25, 0.3) is 61.9 Å². The Hall–Kier alpha value is -4.80. The highest BCUT2D eigenvalue weighted by atomic mass is 35.5. The van der Waals surface area contributed by atoms with Gasteiger partial charge in [-0.1, -0.05) is 103 Å². The average Bonchev–Trinajstić information content (AvgIpc) is 3.42. The van der Waals surface area contributed by atoms with E-state index >= 15 is 0 Å². The van der Waals surface area contributed by atoms with Gasteiger partial charge >= 0.3 is 0 Å². The van der Waals surface area contributed by atoms with Crippen LogP contribution in [0.2, 0.25) is 5.02 Å². The summed E-state index contributed by atoms with van der Waals surface area (Å²) in [6.45, 7) is 0. The van der Waals surface area contributed by atoms with Gasteiger partial charge in [0, 0.05) is 38.9 Å². The van der Waals surface area contributed by atoms with Crippen molar-refractivity contribution in [2.75, 3.05) is 0 Å². The molecule has 0 aliphatic heterocycles. The standard InChI is InChI=1S/C37H26ClN3O/c38-29-21-31(34-30-12-6-7-13-32(30)42-33(34)22-29)37-40-35(25-9-2-1-3-10-25)39-36(41-37)26-17-14-24(15-18-26)28-19-16-23-8-4-5-11-27(23)20-28/h1-3,5-7,9,11-22,25H,4,8,10H2. The van der Waals surface area contributed by atoms with Crippen molar-refractivity contribution in [1.29, 1.82) is 0 Å². The maximum absolute atomic E-state index is 6.61. The number of fused-ring (bicyclic) bond motifs is 4. The molecular formula is C37H26ClN3O. The van der Waals surface area contributed by atoms with Crippen LogP contribution in [0.3, 0.4) is 0 Å². The number of benzene rings is 4. The van der Waals surface area contributed by atoms with Gasteiger partial charge in [-0.25, -0.2) is 15.0 Å². The number of hydrogen-bond acceptors (Lipinski definition) is 4. The van der Waals surface area contributed by atoms with E-state index in [4.69, 9.17) is 31.0 Å². The van der Waals surface area contributed by atoms with Crippen molar-refractivity contribution >= 4 is 39.6 Å². The van der Waals surface area contributed by atoms with E-state index in [1.165, 1.54) is 16.7 Å². The summed E-state index contributed by atoms with van der Waals surface area (Å²) in [5.74, 6) is 2.03. The van der Waals surface area contributed by atoms with Gasteiger partial charge in [0.05, 0.1) is 0 Å². The maximum Gasteiger partial charge on any atom is 0.164 e. The first kappa shape index (κ1) is 25.0. The summed E-state index contributed by atoms with van der Waals surface area (Å²) in [4.78, 5) is 15.0. The van der Waals surface area contributed by atoms with Crippen molar-refractivity contribution in [3.8, 4) is 33.9 Å². The lowest BCUT2D eigenvalue weighted by molar-refractivity contribution is 0.669. The SMILES string of the molecule is Clc1cc(-c2nc(-c3ccc(-c4ccc5c(c4)C=CCC5)cc3)nc(C3C=CC=CC3)n2)c2c(c1)oc1ccccc12. The lowest BCUT2D eigenvalue weighted by Gasteiger charge is -2.15. The third-order valence-corrected chi connectivity index (χ3v) is 8.37. The molecule has 0 spiro atoms. The predicted octanol–water partition coefficient (Wildman–Crippen LogP) is 9.98. The van der Waals surface area contributed by atoms with E-state index in [9.17, 15) is 0 Å². The molecule has 0 N–H and O–H groups in total. The number of hydrogen-bond donors (Lipinski definition) is 0. The molecule has 1 atom stereocenters. The molecule has 8 rings (SSSR count). The quantitative estimate of drug-likeness (QED) is 0.214. The Morgan fingerprint density at radius 3 is 2.45 bits per heavy atom. The Morgan fingerprint density at radius 1 is 0.738 bits per heavy atom. The van der Waals surface area contributed by atoms with E-state index in [0.717, 1.165) is 58.1 Å². The summed E-state index contributed by atoms with van der Waals surface area (Å²) < 4.78 is 6.17. The number of nitrogens with zero attached hydrogens (tertiary/aromatic N) is 3. The maximum atomic E-state index is 6.61. The molecule has 0 saturated carbocycles. The normalized spacial score (nSPS) is 15.9. The molecule has 202 valence electrons. The van der Waals surface area contributed by atoms with E-state index in [-0.39, 0.29) is 5.92 Å². The second kappa shape index (κ2) is 10.2. The molecule has 2 aliphatic rings. The molecular weight excluding hydrogens is 538 g/mol. The monoisotopic (exact) mass is 563 g/mol. The number of furan rings is 1. The third kappa shape index (κ3) is 4.45. The molecule has 0 amide bonds. The van der Waals surface area contributed by atoms with Gasteiger partial charge in [0.2, 0.25) is 0 Å². The summed E-state index contributed by atoms with van der Waals surface area (Å²) >= 11 is 6.61. The molecule has 2 aromatic heterocycles. The molecule has 2 aliphatic carbocycles. The molecule has 4 nitrogen and oxygen atoms in total. The van der Waals surface area contributed by atoms with Gasteiger partial charge in [-0.15, -0.1) is 0 Å². The van der Waals surface area contributed by atoms with Gasteiger partial charge in [0.15, 0.2) is 11.6 Å². The predicted molar refractivity (Wildman–Crippen MR) is 171 cm³/mol. The lowest BCUT2D eigenvalue weighted by atomic mass is 9.93. The second-order valence-electron chi connectivity index (χ2n) is 10.9. The van der Waals surface area contributed by atoms with Crippen LogP contribution in [0.15, 0.2) is 114 Å². The molecule has 1 unspecified atom stereocenters. The Morgan fingerprint density at radius 2 is 1.57 bits per heavy atom. The van der Waals surface area contributed by atoms with Crippen LogP contribution in [0.5, 0.6) is 0 Å². The summed E-state index contributed by atoms with van der Waals surface area (Å²) in [7, 11) is 0. The Kier molecular flexibility index (Phi) is 6.08. The number of aromatic nitrogens is 3.